The maximum absolute atomic E-state index is 12.5. The summed E-state index contributed by atoms with van der Waals surface area (Å²) < 4.78 is 26.5. The van der Waals surface area contributed by atoms with E-state index in [0.29, 0.717) is 6.42 Å². The molecule has 0 aromatic heterocycles. The summed E-state index contributed by atoms with van der Waals surface area (Å²) >= 11 is 0. The van der Waals surface area contributed by atoms with Crippen LogP contribution in [0, 0.1) is 0 Å². The van der Waals surface area contributed by atoms with Crippen LogP contribution in [0.1, 0.15) is 264 Å². The van der Waals surface area contributed by atoms with Crippen LogP contribution in [0.15, 0.2) is 12.2 Å². The number of allylic oxidation sites excluding steroid dienone is 2. The van der Waals surface area contributed by atoms with E-state index in [1.165, 1.54) is 186 Å². The van der Waals surface area contributed by atoms with Gasteiger partial charge in [-0.15, -0.1) is 0 Å². The van der Waals surface area contributed by atoms with Crippen LogP contribution in [0.5, 0.6) is 0 Å². The Morgan fingerprint density at radius 1 is 0.439 bits per heavy atom. The number of hydrogen-bond acceptors (Lipinski definition) is 6. The van der Waals surface area contributed by atoms with Gasteiger partial charge in [0.25, 0.3) is 0 Å². The van der Waals surface area contributed by atoms with Gasteiger partial charge in [-0.1, -0.05) is 225 Å². The zero-order valence-electron chi connectivity index (χ0n) is 37.5. The first kappa shape index (κ1) is 55.8. The molecule has 0 heterocycles. The molecule has 2 N–H and O–H groups in total. The number of hydrogen-bond donors (Lipinski definition) is 2. The van der Waals surface area contributed by atoms with E-state index >= 15 is 0 Å². The van der Waals surface area contributed by atoms with Crippen molar-refractivity contribution < 1.29 is 37.9 Å². The number of rotatable bonds is 46. The van der Waals surface area contributed by atoms with Crippen LogP contribution in [0.3, 0.4) is 0 Å². The third-order valence-electron chi connectivity index (χ3n) is 11.0. The Balaban J connectivity index is 3.79. The highest BCUT2D eigenvalue weighted by atomic mass is 31.2. The van der Waals surface area contributed by atoms with Crippen LogP contribution >= 0.6 is 7.82 Å². The first-order chi connectivity index (χ1) is 27.8. The Hall–Kier alpha value is -1.21. The fourth-order valence-electron chi connectivity index (χ4n) is 7.37. The largest absolute Gasteiger partial charge is 0.469 e. The Morgan fingerprint density at radius 2 is 0.737 bits per heavy atom. The van der Waals surface area contributed by atoms with Crippen LogP contribution in [-0.2, 0) is 28.2 Å². The molecule has 9 heteroatoms. The molecule has 1 atom stereocenters. The van der Waals surface area contributed by atoms with E-state index in [-0.39, 0.29) is 19.4 Å². The fourth-order valence-corrected chi connectivity index (χ4v) is 7.73. The van der Waals surface area contributed by atoms with E-state index in [0.717, 1.165) is 44.9 Å². The molecule has 0 radical (unpaired) electrons. The normalized spacial score (nSPS) is 12.4. The van der Waals surface area contributed by atoms with Crippen LogP contribution in [0.2, 0.25) is 0 Å². The average molecular weight is 829 g/mol. The number of ether oxygens (including phenoxy) is 2. The summed E-state index contributed by atoms with van der Waals surface area (Å²) in [5, 5.41) is 0. The first-order valence-corrected chi connectivity index (χ1v) is 26.0. The Labute approximate surface area is 352 Å². The molecule has 0 saturated heterocycles. The van der Waals surface area contributed by atoms with E-state index < -0.39 is 32.5 Å². The lowest BCUT2D eigenvalue weighted by molar-refractivity contribution is -0.161. The molecule has 0 bridgehead atoms. The maximum Gasteiger partial charge on any atom is 0.469 e. The van der Waals surface area contributed by atoms with E-state index in [4.69, 9.17) is 19.3 Å². The van der Waals surface area contributed by atoms with Crippen LogP contribution in [0.25, 0.3) is 0 Å². The van der Waals surface area contributed by atoms with Gasteiger partial charge in [-0.2, -0.15) is 0 Å². The van der Waals surface area contributed by atoms with Gasteiger partial charge in [0.2, 0.25) is 0 Å². The topological polar surface area (TPSA) is 119 Å². The molecule has 0 aliphatic rings. The van der Waals surface area contributed by atoms with Crippen molar-refractivity contribution in [3.8, 4) is 0 Å². The maximum atomic E-state index is 12.5. The SMILES string of the molecule is CCCCCCCC/C=C/CCCCCCCCCC(=O)OC[C@H](COP(=O)(O)O)OC(=O)CCCCCCCCCCCCCCCCCCCCCCCC. The van der Waals surface area contributed by atoms with Gasteiger partial charge >= 0.3 is 19.8 Å². The molecular weight excluding hydrogens is 735 g/mol. The second kappa shape index (κ2) is 44.3. The van der Waals surface area contributed by atoms with Gasteiger partial charge in [-0.3, -0.25) is 14.1 Å². The Morgan fingerprint density at radius 3 is 1.07 bits per heavy atom. The molecule has 0 saturated carbocycles. The lowest BCUT2D eigenvalue weighted by atomic mass is 10.0. The van der Waals surface area contributed by atoms with Crippen molar-refractivity contribution in [3.05, 3.63) is 12.2 Å². The number of carbonyl (C=O) groups is 2. The number of unbranched alkanes of at least 4 members (excludes halogenated alkanes) is 34. The molecule has 0 aliphatic carbocycles. The smallest absolute Gasteiger partial charge is 0.462 e. The number of carbonyl (C=O) groups excluding carboxylic acids is 2. The standard InChI is InChI=1S/C48H93O8P/c1-3-5-7-9-11-13-15-17-19-21-22-23-24-25-27-29-31-33-35-37-39-41-43-48(50)56-46(45-55-57(51,52)53)44-54-47(49)42-40-38-36-34-32-30-28-26-20-18-16-14-12-10-8-6-4-2/h18,20,46H,3-17,19,21-45H2,1-2H3,(H2,51,52,53)/b20-18+/t46-/m1/s1. The van der Waals surface area contributed by atoms with Crippen molar-refractivity contribution in [2.75, 3.05) is 13.2 Å². The van der Waals surface area contributed by atoms with Crippen LogP contribution in [-0.4, -0.2) is 41.0 Å². The molecule has 0 aromatic carbocycles. The molecule has 0 aromatic rings. The van der Waals surface area contributed by atoms with E-state index in [9.17, 15) is 14.2 Å². The zero-order valence-corrected chi connectivity index (χ0v) is 38.4. The molecule has 0 amide bonds. The lowest BCUT2D eigenvalue weighted by Gasteiger charge is -2.18. The minimum absolute atomic E-state index is 0.218. The highest BCUT2D eigenvalue weighted by molar-refractivity contribution is 7.46. The predicted molar refractivity (Wildman–Crippen MR) is 239 cm³/mol. The molecule has 338 valence electrons. The lowest BCUT2D eigenvalue weighted by Crippen LogP contribution is -2.29. The highest BCUT2D eigenvalue weighted by Crippen LogP contribution is 2.36. The number of esters is 2. The third kappa shape index (κ3) is 47.3. The number of phosphoric acid groups is 1. The van der Waals surface area contributed by atoms with E-state index in [2.05, 4.69) is 30.5 Å². The minimum atomic E-state index is -4.75. The summed E-state index contributed by atoms with van der Waals surface area (Å²) in [5.41, 5.74) is 0. The third-order valence-corrected chi connectivity index (χ3v) is 11.5. The zero-order chi connectivity index (χ0) is 41.8. The molecule has 0 unspecified atom stereocenters. The van der Waals surface area contributed by atoms with Gasteiger partial charge in [-0.05, 0) is 38.5 Å². The summed E-state index contributed by atoms with van der Waals surface area (Å²) in [7, 11) is -4.75. The molecular formula is C48H93O8P. The monoisotopic (exact) mass is 829 g/mol. The quantitative estimate of drug-likeness (QED) is 0.0269. The van der Waals surface area contributed by atoms with E-state index in [1.54, 1.807) is 0 Å². The second-order valence-corrected chi connectivity index (χ2v) is 18.0. The molecule has 57 heavy (non-hydrogen) atoms. The molecule has 0 fully saturated rings. The Bertz CT molecular complexity index is 935. The molecule has 0 spiro atoms. The van der Waals surface area contributed by atoms with Gasteiger partial charge in [0.15, 0.2) is 6.10 Å². The van der Waals surface area contributed by atoms with Crippen molar-refractivity contribution in [2.24, 2.45) is 0 Å². The summed E-state index contributed by atoms with van der Waals surface area (Å²) in [6.07, 6.45) is 50.9. The second-order valence-electron chi connectivity index (χ2n) is 16.8. The van der Waals surface area contributed by atoms with Gasteiger partial charge in [-0.25, -0.2) is 4.57 Å². The summed E-state index contributed by atoms with van der Waals surface area (Å²) in [4.78, 5) is 43.0. The minimum Gasteiger partial charge on any atom is -0.462 e. The summed E-state index contributed by atoms with van der Waals surface area (Å²) in [6, 6.07) is 0. The van der Waals surface area contributed by atoms with Gasteiger partial charge in [0.05, 0.1) is 6.61 Å². The van der Waals surface area contributed by atoms with Gasteiger partial charge < -0.3 is 19.3 Å². The van der Waals surface area contributed by atoms with Crippen molar-refractivity contribution in [1.29, 1.82) is 0 Å². The van der Waals surface area contributed by atoms with Gasteiger partial charge in [0.1, 0.15) is 6.61 Å². The highest BCUT2D eigenvalue weighted by Gasteiger charge is 2.23. The van der Waals surface area contributed by atoms with Crippen molar-refractivity contribution >= 4 is 19.8 Å². The summed E-state index contributed by atoms with van der Waals surface area (Å²) in [5.74, 6) is -0.873. The molecule has 0 rings (SSSR count). The van der Waals surface area contributed by atoms with Crippen LogP contribution < -0.4 is 0 Å². The summed E-state index contributed by atoms with van der Waals surface area (Å²) in [6.45, 7) is 3.73. The average Bonchev–Trinajstić information content (AvgIpc) is 3.18. The van der Waals surface area contributed by atoms with Crippen molar-refractivity contribution in [1.82, 2.24) is 0 Å². The molecule has 8 nitrogen and oxygen atoms in total. The Kier molecular flexibility index (Phi) is 43.4. The van der Waals surface area contributed by atoms with Crippen LogP contribution in [0.4, 0.5) is 0 Å². The van der Waals surface area contributed by atoms with E-state index in [1.807, 2.05) is 0 Å². The molecule has 0 aliphatic heterocycles. The van der Waals surface area contributed by atoms with Crippen molar-refractivity contribution in [3.63, 3.8) is 0 Å². The number of phosphoric ester groups is 1. The predicted octanol–water partition coefficient (Wildman–Crippen LogP) is 15.4. The van der Waals surface area contributed by atoms with Gasteiger partial charge in [0, 0.05) is 12.8 Å². The fraction of sp³-hybridized carbons (Fsp3) is 0.917. The van der Waals surface area contributed by atoms with Crippen molar-refractivity contribution in [2.45, 2.75) is 270 Å². The first-order valence-electron chi connectivity index (χ1n) is 24.5.